The minimum atomic E-state index is -0.320. The number of amides is 2. The molecule has 2 heterocycles. The monoisotopic (exact) mass is 396 g/mol. The van der Waals surface area contributed by atoms with E-state index in [2.05, 4.69) is 17.6 Å². The highest BCUT2D eigenvalue weighted by Gasteiger charge is 2.36. The topological polar surface area (TPSA) is 42.3 Å². The summed E-state index contributed by atoms with van der Waals surface area (Å²) in [7, 11) is 0. The second kappa shape index (κ2) is 7.25. The van der Waals surface area contributed by atoms with Crippen molar-refractivity contribution >= 4 is 57.2 Å². The standard InChI is InChI=1S/C21H17ClN2O2S/c1-2-10-23-13-14(17-8-3-4-9-18(17)23)11-19-20(25)24(21(26)27-19)16-7-5-6-15(22)12-16/h3-9,11-13H,2,10H2,1H3/b19-11+. The van der Waals surface area contributed by atoms with Crippen LogP contribution in [0, 0.1) is 0 Å². The van der Waals surface area contributed by atoms with E-state index in [0.717, 1.165) is 41.2 Å². The number of halogens is 1. The Morgan fingerprint density at radius 3 is 2.70 bits per heavy atom. The second-order valence-corrected chi connectivity index (χ2v) is 7.72. The van der Waals surface area contributed by atoms with Gasteiger partial charge in [0.1, 0.15) is 0 Å². The maximum Gasteiger partial charge on any atom is 0.298 e. The number of aromatic nitrogens is 1. The second-order valence-electron chi connectivity index (χ2n) is 6.29. The van der Waals surface area contributed by atoms with Crippen molar-refractivity contribution in [1.82, 2.24) is 4.57 Å². The van der Waals surface area contributed by atoms with Crippen LogP contribution in [0.5, 0.6) is 0 Å². The lowest BCUT2D eigenvalue weighted by atomic mass is 10.1. The number of aryl methyl sites for hydroxylation is 1. The number of anilines is 1. The van der Waals surface area contributed by atoms with Crippen molar-refractivity contribution in [3.05, 3.63) is 70.2 Å². The van der Waals surface area contributed by atoms with Crippen molar-refractivity contribution in [1.29, 1.82) is 0 Å². The number of hydrogen-bond donors (Lipinski definition) is 0. The lowest BCUT2D eigenvalue weighted by molar-refractivity contribution is -0.113. The van der Waals surface area contributed by atoms with Crippen molar-refractivity contribution in [3.63, 3.8) is 0 Å². The van der Waals surface area contributed by atoms with Crippen LogP contribution in [-0.2, 0) is 11.3 Å². The molecule has 136 valence electrons. The van der Waals surface area contributed by atoms with Gasteiger partial charge in [0, 0.05) is 34.2 Å². The Kier molecular flexibility index (Phi) is 4.81. The molecule has 0 atom stereocenters. The lowest BCUT2D eigenvalue weighted by Crippen LogP contribution is -2.27. The van der Waals surface area contributed by atoms with E-state index in [1.165, 1.54) is 4.90 Å². The van der Waals surface area contributed by atoms with Gasteiger partial charge in [-0.25, -0.2) is 4.90 Å². The highest BCUT2D eigenvalue weighted by atomic mass is 35.5. The van der Waals surface area contributed by atoms with E-state index in [1.54, 1.807) is 24.3 Å². The van der Waals surface area contributed by atoms with Crippen molar-refractivity contribution in [2.24, 2.45) is 0 Å². The number of fused-ring (bicyclic) bond motifs is 1. The van der Waals surface area contributed by atoms with Gasteiger partial charge >= 0.3 is 0 Å². The Bertz CT molecular complexity index is 1090. The molecule has 0 spiro atoms. The molecule has 1 saturated heterocycles. The smallest absolute Gasteiger partial charge is 0.298 e. The molecule has 0 bridgehead atoms. The SMILES string of the molecule is CCCn1cc(/C=C2/SC(=O)N(c3cccc(Cl)c3)C2=O)c2ccccc21. The minimum absolute atomic E-state index is 0.314. The van der Waals surface area contributed by atoms with E-state index in [1.807, 2.05) is 30.5 Å². The van der Waals surface area contributed by atoms with E-state index >= 15 is 0 Å². The number of thioether (sulfide) groups is 1. The predicted octanol–water partition coefficient (Wildman–Crippen LogP) is 5.95. The molecule has 3 aromatic rings. The average molecular weight is 397 g/mol. The summed E-state index contributed by atoms with van der Waals surface area (Å²) < 4.78 is 2.18. The first-order chi connectivity index (χ1) is 13.1. The Morgan fingerprint density at radius 1 is 1.11 bits per heavy atom. The molecule has 0 N–H and O–H groups in total. The number of hydrogen-bond acceptors (Lipinski definition) is 3. The van der Waals surface area contributed by atoms with Crippen LogP contribution in [0.2, 0.25) is 5.02 Å². The van der Waals surface area contributed by atoms with Gasteiger partial charge in [-0.1, -0.05) is 42.8 Å². The molecular formula is C21H17ClN2O2S. The highest BCUT2D eigenvalue weighted by molar-refractivity contribution is 8.19. The van der Waals surface area contributed by atoms with Crippen LogP contribution in [-0.4, -0.2) is 15.7 Å². The van der Waals surface area contributed by atoms with Crippen molar-refractivity contribution < 1.29 is 9.59 Å². The summed E-state index contributed by atoms with van der Waals surface area (Å²) in [5.41, 5.74) is 2.55. The van der Waals surface area contributed by atoms with Crippen LogP contribution >= 0.6 is 23.4 Å². The molecule has 4 rings (SSSR count). The molecule has 1 aromatic heterocycles. The molecule has 6 heteroatoms. The van der Waals surface area contributed by atoms with Crippen LogP contribution in [0.4, 0.5) is 10.5 Å². The molecule has 1 aliphatic rings. The molecule has 4 nitrogen and oxygen atoms in total. The van der Waals surface area contributed by atoms with Gasteiger partial charge in [0.2, 0.25) is 0 Å². The third-order valence-electron chi connectivity index (χ3n) is 4.43. The molecule has 1 fully saturated rings. The van der Waals surface area contributed by atoms with Gasteiger partial charge in [-0.15, -0.1) is 0 Å². The largest absolute Gasteiger partial charge is 0.347 e. The van der Waals surface area contributed by atoms with E-state index in [4.69, 9.17) is 11.6 Å². The number of para-hydroxylation sites is 1. The molecule has 27 heavy (non-hydrogen) atoms. The summed E-state index contributed by atoms with van der Waals surface area (Å²) in [6.45, 7) is 3.03. The third kappa shape index (κ3) is 3.29. The van der Waals surface area contributed by atoms with Gasteiger partial charge in [0.25, 0.3) is 11.1 Å². The summed E-state index contributed by atoms with van der Waals surface area (Å²) in [5, 5.41) is 1.24. The first-order valence-electron chi connectivity index (χ1n) is 8.70. The zero-order valence-corrected chi connectivity index (χ0v) is 16.3. The zero-order chi connectivity index (χ0) is 19.0. The lowest BCUT2D eigenvalue weighted by Gasteiger charge is -2.12. The average Bonchev–Trinajstić information content (AvgIpc) is 3.13. The first kappa shape index (κ1) is 17.9. The fraction of sp³-hybridized carbons (Fsp3) is 0.143. The molecule has 2 amide bonds. The molecule has 0 aliphatic carbocycles. The molecule has 1 aliphatic heterocycles. The van der Waals surface area contributed by atoms with Gasteiger partial charge in [0.05, 0.1) is 10.6 Å². The van der Waals surface area contributed by atoms with Crippen LogP contribution < -0.4 is 4.90 Å². The van der Waals surface area contributed by atoms with Gasteiger partial charge < -0.3 is 4.57 Å². The highest BCUT2D eigenvalue weighted by Crippen LogP contribution is 2.37. The zero-order valence-electron chi connectivity index (χ0n) is 14.7. The fourth-order valence-electron chi connectivity index (χ4n) is 3.26. The Morgan fingerprint density at radius 2 is 1.93 bits per heavy atom. The van der Waals surface area contributed by atoms with Crippen LogP contribution in [0.25, 0.3) is 17.0 Å². The number of benzene rings is 2. The maximum absolute atomic E-state index is 12.9. The van der Waals surface area contributed by atoms with Gasteiger partial charge in [-0.05, 0) is 48.5 Å². The quantitative estimate of drug-likeness (QED) is 0.512. The number of nitrogens with zero attached hydrogens (tertiary/aromatic N) is 2. The third-order valence-corrected chi connectivity index (χ3v) is 5.54. The first-order valence-corrected chi connectivity index (χ1v) is 9.89. The Hall–Kier alpha value is -2.50. The summed E-state index contributed by atoms with van der Waals surface area (Å²) in [6.07, 6.45) is 4.87. The number of carbonyl (C=O) groups excluding carboxylic acids is 2. The van der Waals surface area contributed by atoms with Crippen LogP contribution in [0.3, 0.4) is 0 Å². The van der Waals surface area contributed by atoms with Crippen LogP contribution in [0.1, 0.15) is 18.9 Å². The number of rotatable bonds is 4. The van der Waals surface area contributed by atoms with Gasteiger partial charge in [0.15, 0.2) is 0 Å². The Balaban J connectivity index is 1.74. The minimum Gasteiger partial charge on any atom is -0.347 e. The summed E-state index contributed by atoms with van der Waals surface area (Å²) in [5.74, 6) is -0.320. The molecule has 0 radical (unpaired) electrons. The molecule has 0 saturated carbocycles. The van der Waals surface area contributed by atoms with Crippen molar-refractivity contribution in [2.45, 2.75) is 19.9 Å². The summed E-state index contributed by atoms with van der Waals surface area (Å²) in [4.78, 5) is 26.9. The summed E-state index contributed by atoms with van der Waals surface area (Å²) in [6, 6.07) is 14.9. The van der Waals surface area contributed by atoms with E-state index in [-0.39, 0.29) is 11.1 Å². The number of carbonyl (C=O) groups is 2. The van der Waals surface area contributed by atoms with Gasteiger partial charge in [-0.2, -0.15) is 0 Å². The maximum atomic E-state index is 12.9. The summed E-state index contributed by atoms with van der Waals surface area (Å²) >= 11 is 6.96. The van der Waals surface area contributed by atoms with Crippen LogP contribution in [0.15, 0.2) is 59.6 Å². The molecule has 2 aromatic carbocycles. The Labute approximate surface area is 166 Å². The van der Waals surface area contributed by atoms with Crippen molar-refractivity contribution in [3.8, 4) is 0 Å². The van der Waals surface area contributed by atoms with E-state index in [9.17, 15) is 9.59 Å². The predicted molar refractivity (Wildman–Crippen MR) is 112 cm³/mol. The number of imide groups is 1. The normalized spacial score (nSPS) is 16.1. The fourth-order valence-corrected chi connectivity index (χ4v) is 4.28. The van der Waals surface area contributed by atoms with Crippen molar-refractivity contribution in [2.75, 3.05) is 4.90 Å². The molecular weight excluding hydrogens is 380 g/mol. The molecule has 0 unspecified atom stereocenters. The van der Waals surface area contributed by atoms with Gasteiger partial charge in [-0.3, -0.25) is 9.59 Å². The van der Waals surface area contributed by atoms with E-state index < -0.39 is 0 Å². The van der Waals surface area contributed by atoms with E-state index in [0.29, 0.717) is 15.6 Å².